The normalized spacial score (nSPS) is 14.4. The van der Waals surface area contributed by atoms with Crippen LogP contribution in [-0.4, -0.2) is 0 Å². The Hall–Kier alpha value is -1.17. The van der Waals surface area contributed by atoms with E-state index in [0.29, 0.717) is 0 Å². The second-order valence-electron chi connectivity index (χ2n) is 3.87. The van der Waals surface area contributed by atoms with Crippen LogP contribution in [0.25, 0.3) is 0 Å². The largest absolute Gasteiger partial charge is 0.323 e. The second kappa shape index (κ2) is 5.25. The first-order valence-corrected chi connectivity index (χ1v) is 6.07. The third-order valence-corrected chi connectivity index (χ3v) is 3.56. The molecule has 2 aromatic carbocycles. The molecule has 0 fully saturated rings. The van der Waals surface area contributed by atoms with Crippen molar-refractivity contribution in [1.82, 2.24) is 0 Å². The summed E-state index contributed by atoms with van der Waals surface area (Å²) in [7, 11) is 2.84. The van der Waals surface area contributed by atoms with E-state index in [1.54, 1.807) is 0 Å². The molecular formula is C14H16NP. The van der Waals surface area contributed by atoms with Gasteiger partial charge in [-0.1, -0.05) is 60.7 Å². The first-order chi connectivity index (χ1) is 7.79. The van der Waals surface area contributed by atoms with E-state index in [0.717, 1.165) is 0 Å². The van der Waals surface area contributed by atoms with Gasteiger partial charge in [-0.15, -0.1) is 9.24 Å². The molecule has 2 heteroatoms. The van der Waals surface area contributed by atoms with Gasteiger partial charge in [0, 0.05) is 11.7 Å². The van der Waals surface area contributed by atoms with Gasteiger partial charge >= 0.3 is 0 Å². The SMILES string of the molecule is NC(c1ccccc1)C(P)c1ccccc1. The molecule has 2 aromatic rings. The fourth-order valence-corrected chi connectivity index (χ4v) is 2.21. The minimum Gasteiger partial charge on any atom is -0.323 e. The highest BCUT2D eigenvalue weighted by Gasteiger charge is 2.15. The fourth-order valence-electron chi connectivity index (χ4n) is 1.77. The molecular weight excluding hydrogens is 213 g/mol. The topological polar surface area (TPSA) is 26.0 Å². The Morgan fingerprint density at radius 2 is 1.19 bits per heavy atom. The summed E-state index contributed by atoms with van der Waals surface area (Å²) >= 11 is 0. The van der Waals surface area contributed by atoms with E-state index in [1.165, 1.54) is 11.1 Å². The highest BCUT2D eigenvalue weighted by atomic mass is 31.0. The van der Waals surface area contributed by atoms with E-state index in [4.69, 9.17) is 5.73 Å². The Balaban J connectivity index is 2.20. The number of nitrogens with two attached hydrogens (primary N) is 1. The van der Waals surface area contributed by atoms with Crippen molar-refractivity contribution < 1.29 is 0 Å². The van der Waals surface area contributed by atoms with Crippen LogP contribution in [0.5, 0.6) is 0 Å². The molecule has 0 aliphatic heterocycles. The highest BCUT2D eigenvalue weighted by molar-refractivity contribution is 7.17. The molecule has 0 spiro atoms. The van der Waals surface area contributed by atoms with Gasteiger partial charge in [0.25, 0.3) is 0 Å². The van der Waals surface area contributed by atoms with Crippen LogP contribution in [0.4, 0.5) is 0 Å². The Kier molecular flexibility index (Phi) is 3.71. The van der Waals surface area contributed by atoms with Crippen molar-refractivity contribution >= 4 is 9.24 Å². The van der Waals surface area contributed by atoms with Crippen LogP contribution in [0, 0.1) is 0 Å². The lowest BCUT2D eigenvalue weighted by atomic mass is 9.99. The maximum atomic E-state index is 6.25. The van der Waals surface area contributed by atoms with Gasteiger partial charge in [-0.25, -0.2) is 0 Å². The molecule has 0 aromatic heterocycles. The summed E-state index contributed by atoms with van der Waals surface area (Å²) in [5.41, 5.74) is 8.93. The Morgan fingerprint density at radius 1 is 0.750 bits per heavy atom. The molecule has 0 aliphatic rings. The van der Waals surface area contributed by atoms with E-state index in [2.05, 4.69) is 33.5 Å². The van der Waals surface area contributed by atoms with Gasteiger partial charge in [0.05, 0.1) is 0 Å². The molecule has 0 heterocycles. The zero-order chi connectivity index (χ0) is 11.4. The molecule has 2 rings (SSSR count). The minimum absolute atomic E-state index is 0.0219. The van der Waals surface area contributed by atoms with E-state index >= 15 is 0 Å². The summed E-state index contributed by atoms with van der Waals surface area (Å²) in [4.78, 5) is 0. The number of hydrogen-bond donors (Lipinski definition) is 1. The first kappa shape index (κ1) is 11.3. The maximum Gasteiger partial charge on any atom is 0.0399 e. The lowest BCUT2D eigenvalue weighted by Crippen LogP contribution is -2.15. The predicted octanol–water partition coefficient (Wildman–Crippen LogP) is 3.30. The number of benzene rings is 2. The Morgan fingerprint density at radius 3 is 1.69 bits per heavy atom. The zero-order valence-electron chi connectivity index (χ0n) is 9.08. The summed E-state index contributed by atoms with van der Waals surface area (Å²) in [6, 6.07) is 20.6. The van der Waals surface area contributed by atoms with Crippen LogP contribution >= 0.6 is 9.24 Å². The zero-order valence-corrected chi connectivity index (χ0v) is 10.2. The minimum atomic E-state index is 0.0219. The lowest BCUT2D eigenvalue weighted by molar-refractivity contribution is 0.705. The maximum absolute atomic E-state index is 6.25. The lowest BCUT2D eigenvalue weighted by Gasteiger charge is -2.20. The van der Waals surface area contributed by atoms with E-state index < -0.39 is 0 Å². The highest BCUT2D eigenvalue weighted by Crippen LogP contribution is 2.34. The summed E-state index contributed by atoms with van der Waals surface area (Å²) in [5, 5.41) is 0. The average molecular weight is 229 g/mol. The molecule has 0 aliphatic carbocycles. The summed E-state index contributed by atoms with van der Waals surface area (Å²) in [6.45, 7) is 0. The van der Waals surface area contributed by atoms with Gasteiger partial charge in [-0.2, -0.15) is 0 Å². The van der Waals surface area contributed by atoms with Crippen LogP contribution in [0.3, 0.4) is 0 Å². The monoisotopic (exact) mass is 229 g/mol. The molecule has 0 saturated carbocycles. The number of hydrogen-bond acceptors (Lipinski definition) is 1. The fraction of sp³-hybridized carbons (Fsp3) is 0.143. The molecule has 0 saturated heterocycles. The van der Waals surface area contributed by atoms with Crippen LogP contribution in [-0.2, 0) is 0 Å². The van der Waals surface area contributed by atoms with E-state index in [9.17, 15) is 0 Å². The standard InChI is InChI=1S/C14H16NP/c15-13(11-7-3-1-4-8-11)14(16)12-9-5-2-6-10-12/h1-10,13-14H,15-16H2. The van der Waals surface area contributed by atoms with Crippen molar-refractivity contribution in [3.63, 3.8) is 0 Å². The van der Waals surface area contributed by atoms with Gasteiger partial charge in [-0.3, -0.25) is 0 Å². The van der Waals surface area contributed by atoms with Crippen molar-refractivity contribution in [3.05, 3.63) is 71.8 Å². The molecule has 0 bridgehead atoms. The van der Waals surface area contributed by atoms with Crippen molar-refractivity contribution in [2.75, 3.05) is 0 Å². The van der Waals surface area contributed by atoms with Crippen molar-refractivity contribution in [2.45, 2.75) is 11.7 Å². The average Bonchev–Trinajstić information content (AvgIpc) is 2.39. The van der Waals surface area contributed by atoms with Gasteiger partial charge in [0.2, 0.25) is 0 Å². The molecule has 0 amide bonds. The van der Waals surface area contributed by atoms with Crippen LogP contribution < -0.4 is 5.73 Å². The Bertz CT molecular complexity index is 384. The molecule has 2 N–H and O–H groups in total. The Labute approximate surface area is 98.9 Å². The molecule has 1 nitrogen and oxygen atoms in total. The van der Waals surface area contributed by atoms with Crippen molar-refractivity contribution in [2.24, 2.45) is 5.73 Å². The third-order valence-electron chi connectivity index (χ3n) is 2.76. The van der Waals surface area contributed by atoms with Crippen molar-refractivity contribution in [1.29, 1.82) is 0 Å². The van der Waals surface area contributed by atoms with Crippen LogP contribution in [0.1, 0.15) is 22.8 Å². The third kappa shape index (κ3) is 2.49. The summed E-state index contributed by atoms with van der Waals surface area (Å²) in [5.74, 6) is 0. The summed E-state index contributed by atoms with van der Waals surface area (Å²) < 4.78 is 0. The molecule has 3 atom stereocenters. The molecule has 16 heavy (non-hydrogen) atoms. The van der Waals surface area contributed by atoms with Crippen LogP contribution in [0.2, 0.25) is 0 Å². The van der Waals surface area contributed by atoms with Crippen molar-refractivity contribution in [3.8, 4) is 0 Å². The first-order valence-electron chi connectivity index (χ1n) is 5.40. The number of rotatable bonds is 3. The van der Waals surface area contributed by atoms with Crippen LogP contribution in [0.15, 0.2) is 60.7 Å². The predicted molar refractivity (Wildman–Crippen MR) is 72.3 cm³/mol. The van der Waals surface area contributed by atoms with E-state index in [1.807, 2.05) is 36.4 Å². The second-order valence-corrected chi connectivity index (χ2v) is 4.59. The molecule has 82 valence electrons. The van der Waals surface area contributed by atoms with Gasteiger partial charge in [0.1, 0.15) is 0 Å². The van der Waals surface area contributed by atoms with Gasteiger partial charge in [-0.05, 0) is 11.1 Å². The van der Waals surface area contributed by atoms with Gasteiger partial charge < -0.3 is 5.73 Å². The smallest absolute Gasteiger partial charge is 0.0399 e. The molecule has 3 unspecified atom stereocenters. The molecule has 0 radical (unpaired) electrons. The summed E-state index contributed by atoms with van der Waals surface area (Å²) in [6.07, 6.45) is 0. The quantitative estimate of drug-likeness (QED) is 0.803. The van der Waals surface area contributed by atoms with E-state index in [-0.39, 0.29) is 11.7 Å². The van der Waals surface area contributed by atoms with Gasteiger partial charge in [0.15, 0.2) is 0 Å².